The van der Waals surface area contributed by atoms with Crippen LogP contribution in [-0.2, 0) is 27.2 Å². The number of hydrogen-bond donors (Lipinski definition) is 0. The molecule has 6 heteroatoms. The van der Waals surface area contributed by atoms with E-state index in [4.69, 9.17) is 21.1 Å². The Hall–Kier alpha value is -2.50. The molecular formula is C27H33ClN2O3. The van der Waals surface area contributed by atoms with Gasteiger partial charge in [-0.25, -0.2) is 0 Å². The lowest BCUT2D eigenvalue weighted by atomic mass is 9.95. The van der Waals surface area contributed by atoms with Gasteiger partial charge in [-0.2, -0.15) is 0 Å². The summed E-state index contributed by atoms with van der Waals surface area (Å²) < 4.78 is 10.5. The summed E-state index contributed by atoms with van der Waals surface area (Å²) in [6.07, 6.45) is 5.95. The molecule has 0 N–H and O–H groups in total. The van der Waals surface area contributed by atoms with Crippen LogP contribution in [0, 0.1) is 5.92 Å². The van der Waals surface area contributed by atoms with Gasteiger partial charge in [-0.15, -0.1) is 0 Å². The number of rotatable bonds is 10. The quantitative estimate of drug-likeness (QED) is 0.477. The first-order valence-corrected chi connectivity index (χ1v) is 12.3. The van der Waals surface area contributed by atoms with Gasteiger partial charge in [-0.1, -0.05) is 54.1 Å². The fourth-order valence-electron chi connectivity index (χ4n) is 4.49. The van der Waals surface area contributed by atoms with Crippen LogP contribution in [0.4, 0.5) is 0 Å². The number of allylic oxidation sites excluding steroid dienone is 1. The van der Waals surface area contributed by atoms with E-state index in [1.165, 1.54) is 11.1 Å². The van der Waals surface area contributed by atoms with Crippen molar-refractivity contribution in [3.63, 3.8) is 0 Å². The summed E-state index contributed by atoms with van der Waals surface area (Å²) >= 11 is 5.99. The zero-order valence-electron chi connectivity index (χ0n) is 19.1. The molecule has 2 aromatic carbocycles. The molecule has 1 saturated heterocycles. The Morgan fingerprint density at radius 3 is 2.45 bits per heavy atom. The number of piperidine rings is 1. The fraction of sp³-hybridized carbons (Fsp3) is 0.444. The van der Waals surface area contributed by atoms with Gasteiger partial charge < -0.3 is 19.3 Å². The highest BCUT2D eigenvalue weighted by molar-refractivity contribution is 6.30. The summed E-state index contributed by atoms with van der Waals surface area (Å²) in [7, 11) is 0. The molecule has 0 saturated carbocycles. The SMILES string of the molecule is O=C(CCC1=COCO1)N(Cc1ccccc1)CC1CCN(CCc2ccc(Cl)cc2)CC1. The molecule has 4 rings (SSSR count). The van der Waals surface area contributed by atoms with Crippen molar-refractivity contribution in [2.75, 3.05) is 33.0 Å². The molecule has 0 bridgehead atoms. The Bertz CT molecular complexity index is 909. The standard InChI is InChI=1S/C27H33ClN2O3/c28-25-8-6-22(7-9-25)12-15-29-16-13-24(14-17-29)19-30(18-23-4-2-1-3-5-23)27(31)11-10-26-20-32-21-33-26/h1-9,20,24H,10-19,21H2. The van der Waals surface area contributed by atoms with Crippen LogP contribution in [0.3, 0.4) is 0 Å². The van der Waals surface area contributed by atoms with Crippen molar-refractivity contribution in [2.45, 2.75) is 38.6 Å². The molecule has 0 unspecified atom stereocenters. The number of likely N-dealkylation sites (tertiary alicyclic amines) is 1. The predicted octanol–water partition coefficient (Wildman–Crippen LogP) is 5.25. The molecule has 176 valence electrons. The van der Waals surface area contributed by atoms with E-state index in [9.17, 15) is 4.79 Å². The normalized spacial score (nSPS) is 16.7. The zero-order chi connectivity index (χ0) is 22.9. The lowest BCUT2D eigenvalue weighted by molar-refractivity contribution is -0.132. The van der Waals surface area contributed by atoms with Crippen LogP contribution < -0.4 is 0 Å². The molecule has 0 spiro atoms. The van der Waals surface area contributed by atoms with Crippen molar-refractivity contribution in [3.8, 4) is 0 Å². The summed E-state index contributed by atoms with van der Waals surface area (Å²) in [6.45, 7) is 4.97. The van der Waals surface area contributed by atoms with Gasteiger partial charge in [0.1, 0.15) is 12.0 Å². The molecule has 0 aliphatic carbocycles. The van der Waals surface area contributed by atoms with Gasteiger partial charge in [0.15, 0.2) is 0 Å². The number of hydrogen-bond acceptors (Lipinski definition) is 4. The maximum absolute atomic E-state index is 13.1. The minimum absolute atomic E-state index is 0.181. The first-order valence-electron chi connectivity index (χ1n) is 11.9. The summed E-state index contributed by atoms with van der Waals surface area (Å²) in [5, 5.41) is 0.787. The smallest absolute Gasteiger partial charge is 0.229 e. The predicted molar refractivity (Wildman–Crippen MR) is 131 cm³/mol. The van der Waals surface area contributed by atoms with E-state index in [0.29, 0.717) is 25.3 Å². The van der Waals surface area contributed by atoms with Crippen LogP contribution in [0.2, 0.25) is 5.02 Å². The monoisotopic (exact) mass is 468 g/mol. The number of nitrogens with zero attached hydrogens (tertiary/aromatic N) is 2. The molecule has 2 aliphatic heterocycles. The number of halogens is 1. The molecule has 1 fully saturated rings. The maximum Gasteiger partial charge on any atom is 0.229 e. The third-order valence-electron chi connectivity index (χ3n) is 6.50. The third-order valence-corrected chi connectivity index (χ3v) is 6.75. The summed E-state index contributed by atoms with van der Waals surface area (Å²) in [6, 6.07) is 18.4. The highest BCUT2D eigenvalue weighted by atomic mass is 35.5. The molecule has 0 aromatic heterocycles. The highest BCUT2D eigenvalue weighted by Gasteiger charge is 2.24. The van der Waals surface area contributed by atoms with E-state index in [1.807, 2.05) is 35.2 Å². The Balaban J connectivity index is 1.27. The van der Waals surface area contributed by atoms with Gasteiger partial charge in [-0.05, 0) is 61.5 Å². The van der Waals surface area contributed by atoms with Crippen LogP contribution in [-0.4, -0.2) is 48.7 Å². The number of ether oxygens (including phenoxy) is 2. The minimum atomic E-state index is 0.181. The fourth-order valence-corrected chi connectivity index (χ4v) is 4.62. The number of carbonyl (C=O) groups excluding carboxylic acids is 1. The summed E-state index contributed by atoms with van der Waals surface area (Å²) in [5.74, 6) is 1.48. The number of carbonyl (C=O) groups is 1. The first-order chi connectivity index (χ1) is 16.2. The molecule has 33 heavy (non-hydrogen) atoms. The topological polar surface area (TPSA) is 42.0 Å². The lowest BCUT2D eigenvalue weighted by Gasteiger charge is -2.35. The highest BCUT2D eigenvalue weighted by Crippen LogP contribution is 2.22. The largest absolute Gasteiger partial charge is 0.462 e. The molecule has 5 nitrogen and oxygen atoms in total. The molecule has 0 radical (unpaired) electrons. The van der Waals surface area contributed by atoms with Crippen LogP contribution in [0.1, 0.15) is 36.8 Å². The van der Waals surface area contributed by atoms with Crippen LogP contribution in [0.25, 0.3) is 0 Å². The number of benzene rings is 2. The second kappa shape index (κ2) is 12.1. The second-order valence-electron chi connectivity index (χ2n) is 8.93. The Morgan fingerprint density at radius 1 is 1.00 bits per heavy atom. The third kappa shape index (κ3) is 7.51. The van der Waals surface area contributed by atoms with Crippen LogP contribution in [0.15, 0.2) is 66.6 Å². The van der Waals surface area contributed by atoms with Crippen LogP contribution >= 0.6 is 11.6 Å². The lowest BCUT2D eigenvalue weighted by Crippen LogP contribution is -2.41. The van der Waals surface area contributed by atoms with Crippen molar-refractivity contribution in [3.05, 3.63) is 82.8 Å². The van der Waals surface area contributed by atoms with Gasteiger partial charge in [0, 0.05) is 37.5 Å². The average molecular weight is 469 g/mol. The molecule has 2 aromatic rings. The Kier molecular flexibility index (Phi) is 8.67. The Morgan fingerprint density at radius 2 is 1.76 bits per heavy atom. The molecular weight excluding hydrogens is 436 g/mol. The van der Waals surface area contributed by atoms with Gasteiger partial charge >= 0.3 is 0 Å². The Labute approximate surface area is 201 Å². The molecule has 1 amide bonds. The minimum Gasteiger partial charge on any atom is -0.462 e. The van der Waals surface area contributed by atoms with Gasteiger partial charge in [0.2, 0.25) is 12.7 Å². The van der Waals surface area contributed by atoms with Crippen molar-refractivity contribution in [1.29, 1.82) is 0 Å². The number of amides is 1. The van der Waals surface area contributed by atoms with E-state index in [1.54, 1.807) is 6.26 Å². The summed E-state index contributed by atoms with van der Waals surface area (Å²) in [5.41, 5.74) is 2.50. The van der Waals surface area contributed by atoms with Gasteiger partial charge in [-0.3, -0.25) is 4.79 Å². The van der Waals surface area contributed by atoms with Gasteiger partial charge in [0.25, 0.3) is 0 Å². The maximum atomic E-state index is 13.1. The van der Waals surface area contributed by atoms with Crippen molar-refractivity contribution in [2.24, 2.45) is 5.92 Å². The van der Waals surface area contributed by atoms with E-state index < -0.39 is 0 Å². The molecule has 2 heterocycles. The molecule has 2 aliphatic rings. The van der Waals surface area contributed by atoms with E-state index >= 15 is 0 Å². The molecule has 0 atom stereocenters. The second-order valence-corrected chi connectivity index (χ2v) is 9.37. The van der Waals surface area contributed by atoms with Crippen molar-refractivity contribution < 1.29 is 14.3 Å². The van der Waals surface area contributed by atoms with Crippen molar-refractivity contribution in [1.82, 2.24) is 9.80 Å². The average Bonchev–Trinajstić information content (AvgIpc) is 3.37. The first kappa shape index (κ1) is 23.7. The van der Waals surface area contributed by atoms with E-state index in [-0.39, 0.29) is 12.7 Å². The zero-order valence-corrected chi connectivity index (χ0v) is 19.9. The van der Waals surface area contributed by atoms with Crippen molar-refractivity contribution >= 4 is 17.5 Å². The van der Waals surface area contributed by atoms with Crippen LogP contribution in [0.5, 0.6) is 0 Å². The van der Waals surface area contributed by atoms with Gasteiger partial charge in [0.05, 0.1) is 0 Å². The summed E-state index contributed by atoms with van der Waals surface area (Å²) in [4.78, 5) is 17.7. The van der Waals surface area contributed by atoms with E-state index in [0.717, 1.165) is 56.2 Å². The van der Waals surface area contributed by atoms with E-state index in [2.05, 4.69) is 29.2 Å².